The molecule has 2 heterocycles. The molecule has 0 saturated heterocycles. The van der Waals surface area contributed by atoms with Crippen LogP contribution in [0.15, 0.2) is 41.8 Å². The first-order valence-corrected chi connectivity index (χ1v) is 9.29. The van der Waals surface area contributed by atoms with Gasteiger partial charge in [0.1, 0.15) is 5.01 Å². The average molecular weight is 358 g/mol. The number of thiophene rings is 1. The first-order chi connectivity index (χ1) is 11.5. The molecule has 2 aromatic heterocycles. The van der Waals surface area contributed by atoms with Crippen LogP contribution in [0.2, 0.25) is 0 Å². The van der Waals surface area contributed by atoms with Gasteiger partial charge in [0.05, 0.1) is 17.1 Å². The Balaban J connectivity index is 1.76. The lowest BCUT2D eigenvalue weighted by molar-refractivity contribution is -0.119. The van der Waals surface area contributed by atoms with E-state index in [1.165, 1.54) is 12.6 Å². The molecule has 124 valence electrons. The van der Waals surface area contributed by atoms with Gasteiger partial charge in [0.2, 0.25) is 5.91 Å². The van der Waals surface area contributed by atoms with E-state index in [9.17, 15) is 4.79 Å². The zero-order valence-corrected chi connectivity index (χ0v) is 15.5. The molecule has 1 N–H and O–H groups in total. The van der Waals surface area contributed by atoms with Crippen molar-refractivity contribution in [2.75, 3.05) is 19.0 Å². The number of hydrogen-bond donors (Lipinski definition) is 1. The molecule has 0 fully saturated rings. The molecule has 3 rings (SSSR count). The molecule has 0 atom stereocenters. The second-order valence-corrected chi connectivity index (χ2v) is 7.68. The molecule has 0 spiro atoms. The number of thiazole rings is 1. The van der Waals surface area contributed by atoms with Crippen LogP contribution in [0, 0.1) is 0 Å². The van der Waals surface area contributed by atoms with Gasteiger partial charge in [-0.3, -0.25) is 4.79 Å². The number of hydrogen-bond acceptors (Lipinski definition) is 5. The summed E-state index contributed by atoms with van der Waals surface area (Å²) in [5.74, 6) is -0.0120. The third-order valence-corrected chi connectivity index (χ3v) is 5.56. The third kappa shape index (κ3) is 3.83. The van der Waals surface area contributed by atoms with E-state index in [1.807, 2.05) is 20.2 Å². The topological polar surface area (TPSA) is 45.2 Å². The number of amides is 1. The Morgan fingerprint density at radius 1 is 1.17 bits per heavy atom. The van der Waals surface area contributed by atoms with E-state index in [1.54, 1.807) is 22.7 Å². The molecular weight excluding hydrogens is 338 g/mol. The Morgan fingerprint density at radius 3 is 2.58 bits per heavy atom. The van der Waals surface area contributed by atoms with Gasteiger partial charge >= 0.3 is 0 Å². The molecule has 3 aromatic rings. The van der Waals surface area contributed by atoms with Crippen molar-refractivity contribution < 1.29 is 4.79 Å². The van der Waals surface area contributed by atoms with E-state index in [0.29, 0.717) is 6.54 Å². The van der Waals surface area contributed by atoms with Crippen LogP contribution in [-0.2, 0) is 11.3 Å². The zero-order valence-electron chi connectivity index (χ0n) is 13.9. The number of carbonyl (C=O) groups excluding carboxylic acids is 1. The van der Waals surface area contributed by atoms with E-state index < -0.39 is 0 Å². The number of benzene rings is 1. The number of nitrogens with one attached hydrogen (secondary N) is 1. The summed E-state index contributed by atoms with van der Waals surface area (Å²) in [5.41, 5.74) is 3.30. The Kier molecular flexibility index (Phi) is 4.97. The predicted molar refractivity (Wildman–Crippen MR) is 103 cm³/mol. The Hall–Kier alpha value is -2.18. The molecule has 6 heteroatoms. The molecule has 0 bridgehead atoms. The average Bonchev–Trinajstić information content (AvgIpc) is 3.22. The maximum Gasteiger partial charge on any atom is 0.217 e. The number of aromatic nitrogens is 1. The fourth-order valence-corrected chi connectivity index (χ4v) is 4.05. The fourth-order valence-electron chi connectivity index (χ4n) is 2.24. The van der Waals surface area contributed by atoms with Crippen LogP contribution >= 0.6 is 22.7 Å². The summed E-state index contributed by atoms with van der Waals surface area (Å²) in [6, 6.07) is 12.5. The number of nitrogens with zero attached hydrogens (tertiary/aromatic N) is 2. The van der Waals surface area contributed by atoms with Crippen LogP contribution in [0.1, 0.15) is 11.8 Å². The molecule has 24 heavy (non-hydrogen) atoms. The molecule has 1 aromatic carbocycles. The maximum absolute atomic E-state index is 11.0. The standard InChI is InChI=1S/C18H19N3OS2/c1-12(22)19-10-15-8-9-17(24-15)16-11-23-18(20-16)13-4-6-14(7-5-13)21(2)3/h4-9,11H,10H2,1-3H3,(H,19,22). The zero-order chi connectivity index (χ0) is 17.1. The van der Waals surface area contributed by atoms with E-state index in [-0.39, 0.29) is 5.91 Å². The first kappa shape index (κ1) is 16.7. The molecule has 0 aliphatic rings. The largest absolute Gasteiger partial charge is 0.378 e. The van der Waals surface area contributed by atoms with E-state index in [0.717, 1.165) is 26.0 Å². The summed E-state index contributed by atoms with van der Waals surface area (Å²) in [7, 11) is 4.07. The summed E-state index contributed by atoms with van der Waals surface area (Å²) in [5, 5.41) is 5.93. The summed E-state index contributed by atoms with van der Waals surface area (Å²) < 4.78 is 0. The van der Waals surface area contributed by atoms with Crippen molar-refractivity contribution in [1.29, 1.82) is 0 Å². The van der Waals surface area contributed by atoms with Gasteiger partial charge in [0.25, 0.3) is 0 Å². The SMILES string of the molecule is CC(=O)NCc1ccc(-c2csc(-c3ccc(N(C)C)cc3)n2)s1. The monoisotopic (exact) mass is 357 g/mol. The molecule has 0 radical (unpaired) electrons. The maximum atomic E-state index is 11.0. The van der Waals surface area contributed by atoms with Gasteiger partial charge in [0.15, 0.2) is 0 Å². The van der Waals surface area contributed by atoms with Gasteiger partial charge < -0.3 is 10.2 Å². The van der Waals surface area contributed by atoms with E-state index >= 15 is 0 Å². The second-order valence-electron chi connectivity index (χ2n) is 5.65. The van der Waals surface area contributed by atoms with Crippen molar-refractivity contribution >= 4 is 34.3 Å². The number of rotatable bonds is 5. The summed E-state index contributed by atoms with van der Waals surface area (Å²) in [6.45, 7) is 2.10. The van der Waals surface area contributed by atoms with Crippen molar-refractivity contribution in [3.63, 3.8) is 0 Å². The minimum Gasteiger partial charge on any atom is -0.378 e. The van der Waals surface area contributed by atoms with E-state index in [2.05, 4.69) is 45.9 Å². The minimum absolute atomic E-state index is 0.0120. The first-order valence-electron chi connectivity index (χ1n) is 7.60. The number of anilines is 1. The van der Waals surface area contributed by atoms with Gasteiger partial charge in [-0.15, -0.1) is 22.7 Å². The third-order valence-electron chi connectivity index (χ3n) is 3.56. The van der Waals surface area contributed by atoms with Crippen molar-refractivity contribution in [3.8, 4) is 21.1 Å². The van der Waals surface area contributed by atoms with Crippen LogP contribution in [0.4, 0.5) is 5.69 Å². The quantitative estimate of drug-likeness (QED) is 0.743. The number of carbonyl (C=O) groups is 1. The Morgan fingerprint density at radius 2 is 1.92 bits per heavy atom. The molecule has 0 aliphatic heterocycles. The molecule has 4 nitrogen and oxygen atoms in total. The van der Waals surface area contributed by atoms with Crippen molar-refractivity contribution in [3.05, 3.63) is 46.7 Å². The highest BCUT2D eigenvalue weighted by molar-refractivity contribution is 7.16. The highest BCUT2D eigenvalue weighted by Crippen LogP contribution is 2.33. The molecule has 1 amide bonds. The minimum atomic E-state index is -0.0120. The van der Waals surface area contributed by atoms with Crippen molar-refractivity contribution in [2.24, 2.45) is 0 Å². The van der Waals surface area contributed by atoms with Crippen LogP contribution in [-0.4, -0.2) is 25.0 Å². The highest BCUT2D eigenvalue weighted by atomic mass is 32.1. The van der Waals surface area contributed by atoms with Gasteiger partial charge in [-0.05, 0) is 36.4 Å². The normalized spacial score (nSPS) is 10.6. The highest BCUT2D eigenvalue weighted by Gasteiger charge is 2.09. The van der Waals surface area contributed by atoms with Crippen molar-refractivity contribution in [1.82, 2.24) is 10.3 Å². The van der Waals surface area contributed by atoms with Gasteiger partial charge in [-0.1, -0.05) is 0 Å². The van der Waals surface area contributed by atoms with Crippen LogP contribution < -0.4 is 10.2 Å². The Bertz CT molecular complexity index is 834. The predicted octanol–water partition coefficient (Wildman–Crippen LogP) is 4.24. The lowest BCUT2D eigenvalue weighted by atomic mass is 10.2. The molecule has 0 aliphatic carbocycles. The molecule has 0 saturated carbocycles. The fraction of sp³-hybridized carbons (Fsp3) is 0.222. The van der Waals surface area contributed by atoms with Crippen LogP contribution in [0.25, 0.3) is 21.1 Å². The Labute approximate surface area is 149 Å². The summed E-state index contributed by atoms with van der Waals surface area (Å²) in [6.07, 6.45) is 0. The van der Waals surface area contributed by atoms with E-state index in [4.69, 9.17) is 4.98 Å². The molecule has 0 unspecified atom stereocenters. The van der Waals surface area contributed by atoms with Crippen LogP contribution in [0.3, 0.4) is 0 Å². The lowest BCUT2D eigenvalue weighted by Gasteiger charge is -2.11. The van der Waals surface area contributed by atoms with Crippen molar-refractivity contribution in [2.45, 2.75) is 13.5 Å². The molecular formula is C18H19N3OS2. The lowest BCUT2D eigenvalue weighted by Crippen LogP contribution is -2.17. The summed E-state index contributed by atoms with van der Waals surface area (Å²) >= 11 is 3.32. The summed E-state index contributed by atoms with van der Waals surface area (Å²) in [4.78, 5) is 20.1. The van der Waals surface area contributed by atoms with Gasteiger partial charge in [-0.25, -0.2) is 4.98 Å². The van der Waals surface area contributed by atoms with Gasteiger partial charge in [0, 0.05) is 42.5 Å². The van der Waals surface area contributed by atoms with Crippen LogP contribution in [0.5, 0.6) is 0 Å². The van der Waals surface area contributed by atoms with Gasteiger partial charge in [-0.2, -0.15) is 0 Å². The smallest absolute Gasteiger partial charge is 0.217 e. The second kappa shape index (κ2) is 7.15.